The third-order valence-corrected chi connectivity index (χ3v) is 2.27. The summed E-state index contributed by atoms with van der Waals surface area (Å²) in [5, 5.41) is 2.84. The van der Waals surface area contributed by atoms with E-state index in [2.05, 4.69) is 24.3 Å². The average molecular weight is 197 g/mol. The number of rotatable bonds is 10. The number of nitroso groups, excluding NO2 is 1. The maximum absolute atomic E-state index is 9.78. The Morgan fingerprint density at radius 2 is 1.57 bits per heavy atom. The second-order valence-corrected chi connectivity index (χ2v) is 3.64. The predicted octanol–water partition coefficient (Wildman–Crippen LogP) is 4.45. The lowest BCUT2D eigenvalue weighted by Gasteiger charge is -1.98. The molecule has 14 heavy (non-hydrogen) atoms. The molecule has 0 spiro atoms. The zero-order valence-corrected chi connectivity index (χ0v) is 9.37. The lowest BCUT2D eigenvalue weighted by Crippen LogP contribution is -1.82. The Labute approximate surface area is 87.8 Å². The SMILES string of the molecule is CC/C=C/CCCCCCCCN=O. The van der Waals surface area contributed by atoms with Crippen LogP contribution >= 0.6 is 0 Å². The Morgan fingerprint density at radius 3 is 2.21 bits per heavy atom. The summed E-state index contributed by atoms with van der Waals surface area (Å²) in [5.41, 5.74) is 0. The van der Waals surface area contributed by atoms with E-state index >= 15 is 0 Å². The Hall–Kier alpha value is -0.660. The topological polar surface area (TPSA) is 29.4 Å². The molecule has 0 heterocycles. The minimum absolute atomic E-state index is 0.499. The first kappa shape index (κ1) is 13.3. The summed E-state index contributed by atoms with van der Waals surface area (Å²) in [5.74, 6) is 0. The summed E-state index contributed by atoms with van der Waals surface area (Å²) in [4.78, 5) is 9.78. The second-order valence-electron chi connectivity index (χ2n) is 3.64. The molecule has 0 radical (unpaired) electrons. The van der Waals surface area contributed by atoms with Gasteiger partial charge >= 0.3 is 0 Å². The van der Waals surface area contributed by atoms with Gasteiger partial charge < -0.3 is 0 Å². The van der Waals surface area contributed by atoms with Crippen LogP contribution in [0, 0.1) is 4.91 Å². The lowest BCUT2D eigenvalue weighted by atomic mass is 10.1. The summed E-state index contributed by atoms with van der Waals surface area (Å²) < 4.78 is 0. The Kier molecular flexibility index (Phi) is 11.8. The minimum atomic E-state index is 0.499. The molecule has 0 N–H and O–H groups in total. The molecule has 0 fully saturated rings. The number of nitrogens with zero attached hydrogens (tertiary/aromatic N) is 1. The third-order valence-electron chi connectivity index (χ3n) is 2.27. The minimum Gasteiger partial charge on any atom is -0.151 e. The van der Waals surface area contributed by atoms with Crippen LogP contribution in [0.5, 0.6) is 0 Å². The second kappa shape index (κ2) is 12.3. The third kappa shape index (κ3) is 11.3. The van der Waals surface area contributed by atoms with E-state index in [-0.39, 0.29) is 0 Å². The van der Waals surface area contributed by atoms with Crippen molar-refractivity contribution >= 4 is 0 Å². The molecule has 0 aromatic carbocycles. The molecule has 0 unspecified atom stereocenters. The highest BCUT2D eigenvalue weighted by molar-refractivity contribution is 4.79. The fourth-order valence-electron chi connectivity index (χ4n) is 1.43. The van der Waals surface area contributed by atoms with Crippen LogP contribution in [0.4, 0.5) is 0 Å². The van der Waals surface area contributed by atoms with Gasteiger partial charge in [-0.15, -0.1) is 0 Å². The van der Waals surface area contributed by atoms with Crippen LogP contribution in [-0.4, -0.2) is 6.54 Å². The molecule has 0 aromatic rings. The molecule has 0 aliphatic heterocycles. The zero-order chi connectivity index (χ0) is 10.5. The fraction of sp³-hybridized carbons (Fsp3) is 0.833. The summed E-state index contributed by atoms with van der Waals surface area (Å²) in [7, 11) is 0. The van der Waals surface area contributed by atoms with Crippen molar-refractivity contribution < 1.29 is 0 Å². The molecular formula is C12H23NO. The standard InChI is InChI=1S/C12H23NO/c1-2-3-4-5-6-7-8-9-10-11-12-13-14/h3-4H,2,5-12H2,1H3/b4-3+. The van der Waals surface area contributed by atoms with Crippen LogP contribution in [0.2, 0.25) is 0 Å². The molecule has 82 valence electrons. The molecule has 0 amide bonds. The van der Waals surface area contributed by atoms with Crippen molar-refractivity contribution in [1.29, 1.82) is 0 Å². The molecule has 0 saturated heterocycles. The Bertz CT molecular complexity index is 143. The number of allylic oxidation sites excluding steroid dienone is 2. The first-order valence-corrected chi connectivity index (χ1v) is 5.86. The summed E-state index contributed by atoms with van der Waals surface area (Å²) in [6, 6.07) is 0. The lowest BCUT2D eigenvalue weighted by molar-refractivity contribution is 0.600. The van der Waals surface area contributed by atoms with Gasteiger partial charge in [-0.2, -0.15) is 4.91 Å². The van der Waals surface area contributed by atoms with E-state index in [1.165, 1.54) is 32.1 Å². The van der Waals surface area contributed by atoms with Gasteiger partial charge in [0.15, 0.2) is 0 Å². The van der Waals surface area contributed by atoms with Crippen LogP contribution in [0.15, 0.2) is 17.3 Å². The van der Waals surface area contributed by atoms with Gasteiger partial charge in [0, 0.05) is 0 Å². The quantitative estimate of drug-likeness (QED) is 0.289. The molecular weight excluding hydrogens is 174 g/mol. The van der Waals surface area contributed by atoms with Gasteiger partial charge in [-0.3, -0.25) is 0 Å². The molecule has 2 nitrogen and oxygen atoms in total. The first-order valence-electron chi connectivity index (χ1n) is 5.86. The molecule has 2 heteroatoms. The number of hydrogen-bond donors (Lipinski definition) is 0. The van der Waals surface area contributed by atoms with Gasteiger partial charge in [-0.1, -0.05) is 49.9 Å². The van der Waals surface area contributed by atoms with Crippen LogP contribution in [0.3, 0.4) is 0 Å². The van der Waals surface area contributed by atoms with E-state index in [4.69, 9.17) is 0 Å². The van der Waals surface area contributed by atoms with Crippen LogP contribution < -0.4 is 0 Å². The highest BCUT2D eigenvalue weighted by Crippen LogP contribution is 2.07. The van der Waals surface area contributed by atoms with Crippen molar-refractivity contribution in [2.45, 2.75) is 58.3 Å². The maximum Gasteiger partial charge on any atom is 0.0811 e. The average Bonchev–Trinajstić information content (AvgIpc) is 2.21. The molecule has 0 rings (SSSR count). The summed E-state index contributed by atoms with van der Waals surface area (Å²) in [6.45, 7) is 2.66. The van der Waals surface area contributed by atoms with Crippen molar-refractivity contribution in [1.82, 2.24) is 0 Å². The summed E-state index contributed by atoms with van der Waals surface area (Å²) >= 11 is 0. The molecule has 0 atom stereocenters. The molecule has 0 aromatic heterocycles. The van der Waals surface area contributed by atoms with Gasteiger partial charge in [0.2, 0.25) is 0 Å². The highest BCUT2D eigenvalue weighted by atomic mass is 16.3. The maximum atomic E-state index is 9.78. The fourth-order valence-corrected chi connectivity index (χ4v) is 1.43. The molecule has 0 bridgehead atoms. The van der Waals surface area contributed by atoms with E-state index in [1.807, 2.05) is 0 Å². The normalized spacial score (nSPS) is 10.9. The van der Waals surface area contributed by atoms with Gasteiger partial charge in [-0.05, 0) is 25.7 Å². The van der Waals surface area contributed by atoms with E-state index in [9.17, 15) is 4.91 Å². The highest BCUT2D eigenvalue weighted by Gasteiger charge is 1.90. The Balaban J connectivity index is 2.91. The number of unbranched alkanes of at least 4 members (excludes halogenated alkanes) is 6. The van der Waals surface area contributed by atoms with E-state index < -0.39 is 0 Å². The van der Waals surface area contributed by atoms with Gasteiger partial charge in [0.1, 0.15) is 0 Å². The predicted molar refractivity (Wildman–Crippen MR) is 62.4 cm³/mol. The van der Waals surface area contributed by atoms with Crippen LogP contribution in [0.25, 0.3) is 0 Å². The van der Waals surface area contributed by atoms with Crippen LogP contribution in [0.1, 0.15) is 58.3 Å². The zero-order valence-electron chi connectivity index (χ0n) is 9.37. The summed E-state index contributed by atoms with van der Waals surface area (Å²) in [6.07, 6.45) is 14.2. The van der Waals surface area contributed by atoms with Crippen molar-refractivity contribution in [3.8, 4) is 0 Å². The van der Waals surface area contributed by atoms with E-state index in [0.29, 0.717) is 6.54 Å². The number of hydrogen-bond acceptors (Lipinski definition) is 2. The molecule has 0 aliphatic rings. The van der Waals surface area contributed by atoms with Gasteiger partial charge in [0.25, 0.3) is 0 Å². The molecule has 0 aliphatic carbocycles. The van der Waals surface area contributed by atoms with Crippen molar-refractivity contribution in [3.05, 3.63) is 17.1 Å². The van der Waals surface area contributed by atoms with Gasteiger partial charge in [0.05, 0.1) is 6.54 Å². The molecule has 0 saturated carbocycles. The van der Waals surface area contributed by atoms with E-state index in [0.717, 1.165) is 19.3 Å². The van der Waals surface area contributed by atoms with Crippen molar-refractivity contribution in [2.75, 3.05) is 6.54 Å². The monoisotopic (exact) mass is 197 g/mol. The van der Waals surface area contributed by atoms with Crippen molar-refractivity contribution in [3.63, 3.8) is 0 Å². The van der Waals surface area contributed by atoms with Gasteiger partial charge in [-0.25, -0.2) is 0 Å². The Morgan fingerprint density at radius 1 is 0.929 bits per heavy atom. The smallest absolute Gasteiger partial charge is 0.0811 e. The largest absolute Gasteiger partial charge is 0.151 e. The van der Waals surface area contributed by atoms with Crippen LogP contribution in [-0.2, 0) is 0 Å². The van der Waals surface area contributed by atoms with E-state index in [1.54, 1.807) is 0 Å². The first-order chi connectivity index (χ1) is 6.91. The van der Waals surface area contributed by atoms with Crippen molar-refractivity contribution in [2.24, 2.45) is 5.18 Å².